The Morgan fingerprint density at radius 2 is 1.69 bits per heavy atom. The van der Waals surface area contributed by atoms with Crippen molar-refractivity contribution in [2.75, 3.05) is 10.6 Å². The van der Waals surface area contributed by atoms with Gasteiger partial charge in [-0.25, -0.2) is 0 Å². The highest BCUT2D eigenvalue weighted by Crippen LogP contribution is 2.30. The van der Waals surface area contributed by atoms with E-state index in [1.165, 1.54) is 24.5 Å². The molecule has 0 saturated carbocycles. The van der Waals surface area contributed by atoms with Crippen molar-refractivity contribution in [1.82, 2.24) is 0 Å². The Balaban J connectivity index is 1.66. The quantitative estimate of drug-likeness (QED) is 0.857. The molecule has 5 heteroatoms. The van der Waals surface area contributed by atoms with Crippen LogP contribution in [0.5, 0.6) is 5.75 Å². The van der Waals surface area contributed by atoms with Gasteiger partial charge in [-0.15, -0.1) is 0 Å². The lowest BCUT2D eigenvalue weighted by molar-refractivity contribution is -0.122. The van der Waals surface area contributed by atoms with E-state index >= 15 is 0 Å². The van der Waals surface area contributed by atoms with Gasteiger partial charge in [0.1, 0.15) is 5.75 Å². The number of aryl methyl sites for hydroxylation is 1. The molecule has 1 aliphatic rings. The van der Waals surface area contributed by atoms with Gasteiger partial charge in [0.05, 0.1) is 0 Å². The van der Waals surface area contributed by atoms with Crippen molar-refractivity contribution in [3.63, 3.8) is 0 Å². The minimum Gasteiger partial charge on any atom is -0.481 e. The van der Waals surface area contributed by atoms with E-state index in [4.69, 9.17) is 4.74 Å². The Labute approximate surface area is 153 Å². The van der Waals surface area contributed by atoms with Crippen molar-refractivity contribution >= 4 is 23.2 Å². The molecule has 0 saturated heterocycles. The summed E-state index contributed by atoms with van der Waals surface area (Å²) >= 11 is 0. The molecule has 1 atom stereocenters. The first kappa shape index (κ1) is 18.0. The van der Waals surface area contributed by atoms with Gasteiger partial charge in [-0.1, -0.05) is 18.2 Å². The van der Waals surface area contributed by atoms with Crippen molar-refractivity contribution in [3.8, 4) is 5.75 Å². The van der Waals surface area contributed by atoms with Crippen LogP contribution in [0.1, 0.15) is 37.8 Å². The third kappa shape index (κ3) is 4.42. The molecule has 0 aromatic heterocycles. The molecule has 0 bridgehead atoms. The fraction of sp³-hybridized carbons (Fsp3) is 0.333. The standard InChI is InChI=1S/C21H24N2O3/c1-14(26-20-12-5-8-16-7-3-4-11-19(16)20)21(25)23-18-10-6-9-17(13-18)22-15(2)24/h5-6,8-10,12-14H,3-4,7,11H2,1-2H3,(H,22,24)(H,23,25)/t14-/m0/s1. The van der Waals surface area contributed by atoms with Crippen LogP contribution in [-0.2, 0) is 22.4 Å². The van der Waals surface area contributed by atoms with E-state index in [1.54, 1.807) is 31.2 Å². The average Bonchev–Trinajstić information content (AvgIpc) is 2.61. The summed E-state index contributed by atoms with van der Waals surface area (Å²) in [5.74, 6) is 0.425. The van der Waals surface area contributed by atoms with E-state index in [-0.39, 0.29) is 11.8 Å². The molecule has 136 valence electrons. The molecule has 26 heavy (non-hydrogen) atoms. The predicted molar refractivity (Wildman–Crippen MR) is 103 cm³/mol. The average molecular weight is 352 g/mol. The largest absolute Gasteiger partial charge is 0.481 e. The van der Waals surface area contributed by atoms with Crippen LogP contribution in [0.15, 0.2) is 42.5 Å². The van der Waals surface area contributed by atoms with Crippen molar-refractivity contribution < 1.29 is 14.3 Å². The van der Waals surface area contributed by atoms with Crippen LogP contribution in [0.2, 0.25) is 0 Å². The molecular formula is C21H24N2O3. The third-order valence-electron chi connectivity index (χ3n) is 4.48. The summed E-state index contributed by atoms with van der Waals surface area (Å²) < 4.78 is 5.96. The molecule has 1 aliphatic carbocycles. The van der Waals surface area contributed by atoms with Crippen LogP contribution >= 0.6 is 0 Å². The third-order valence-corrected chi connectivity index (χ3v) is 4.48. The number of benzene rings is 2. The van der Waals surface area contributed by atoms with Crippen LogP contribution in [-0.4, -0.2) is 17.9 Å². The van der Waals surface area contributed by atoms with E-state index in [0.717, 1.165) is 25.0 Å². The van der Waals surface area contributed by atoms with Crippen molar-refractivity contribution in [3.05, 3.63) is 53.6 Å². The number of nitrogens with one attached hydrogen (secondary N) is 2. The first-order valence-electron chi connectivity index (χ1n) is 8.99. The second-order valence-electron chi connectivity index (χ2n) is 6.61. The van der Waals surface area contributed by atoms with Crippen molar-refractivity contribution in [2.45, 2.75) is 45.6 Å². The van der Waals surface area contributed by atoms with Crippen LogP contribution in [0.4, 0.5) is 11.4 Å². The molecule has 3 rings (SSSR count). The topological polar surface area (TPSA) is 67.4 Å². The zero-order valence-corrected chi connectivity index (χ0v) is 15.2. The van der Waals surface area contributed by atoms with Crippen molar-refractivity contribution in [1.29, 1.82) is 0 Å². The van der Waals surface area contributed by atoms with E-state index < -0.39 is 6.10 Å². The Morgan fingerprint density at radius 3 is 2.46 bits per heavy atom. The second-order valence-corrected chi connectivity index (χ2v) is 6.61. The molecular weight excluding hydrogens is 328 g/mol. The second kappa shape index (κ2) is 8.04. The zero-order chi connectivity index (χ0) is 18.5. The molecule has 0 aliphatic heterocycles. The van der Waals surface area contributed by atoms with E-state index in [9.17, 15) is 9.59 Å². The van der Waals surface area contributed by atoms with E-state index in [2.05, 4.69) is 16.7 Å². The smallest absolute Gasteiger partial charge is 0.265 e. The molecule has 2 aromatic carbocycles. The summed E-state index contributed by atoms with van der Waals surface area (Å²) in [5, 5.41) is 5.54. The summed E-state index contributed by atoms with van der Waals surface area (Å²) in [6.45, 7) is 3.19. The van der Waals surface area contributed by atoms with Crippen LogP contribution < -0.4 is 15.4 Å². The number of fused-ring (bicyclic) bond motifs is 1. The molecule has 0 spiro atoms. The molecule has 2 N–H and O–H groups in total. The number of carbonyl (C=O) groups excluding carboxylic acids is 2. The lowest BCUT2D eigenvalue weighted by Crippen LogP contribution is -2.30. The van der Waals surface area contributed by atoms with Crippen LogP contribution in [0.25, 0.3) is 0 Å². The van der Waals surface area contributed by atoms with Gasteiger partial charge in [-0.05, 0) is 68.0 Å². The van der Waals surface area contributed by atoms with Gasteiger partial charge in [0, 0.05) is 18.3 Å². The summed E-state index contributed by atoms with van der Waals surface area (Å²) in [4.78, 5) is 23.7. The number of hydrogen-bond acceptors (Lipinski definition) is 3. The molecule has 2 amide bonds. The SMILES string of the molecule is CC(=O)Nc1cccc(NC(=O)[C@H](C)Oc2cccc3c2CCCC3)c1. The highest BCUT2D eigenvalue weighted by atomic mass is 16.5. The summed E-state index contributed by atoms with van der Waals surface area (Å²) in [6.07, 6.45) is 3.82. The first-order valence-corrected chi connectivity index (χ1v) is 8.99. The molecule has 0 fully saturated rings. The maximum absolute atomic E-state index is 12.5. The first-order chi connectivity index (χ1) is 12.5. The van der Waals surface area contributed by atoms with E-state index in [1.807, 2.05) is 12.1 Å². The Bertz CT molecular complexity index is 817. The lowest BCUT2D eigenvalue weighted by atomic mass is 9.91. The highest BCUT2D eigenvalue weighted by molar-refractivity contribution is 5.95. The molecule has 0 unspecified atom stereocenters. The lowest BCUT2D eigenvalue weighted by Gasteiger charge is -2.22. The van der Waals surface area contributed by atoms with Gasteiger partial charge in [0.25, 0.3) is 5.91 Å². The van der Waals surface area contributed by atoms with Crippen LogP contribution in [0.3, 0.4) is 0 Å². The number of hydrogen-bond donors (Lipinski definition) is 2. The van der Waals surface area contributed by atoms with E-state index in [0.29, 0.717) is 11.4 Å². The Morgan fingerprint density at radius 1 is 1.00 bits per heavy atom. The summed E-state index contributed by atoms with van der Waals surface area (Å²) in [7, 11) is 0. The van der Waals surface area contributed by atoms with Gasteiger partial charge in [-0.3, -0.25) is 9.59 Å². The monoisotopic (exact) mass is 352 g/mol. The zero-order valence-electron chi connectivity index (χ0n) is 15.2. The van der Waals surface area contributed by atoms with Crippen LogP contribution in [0, 0.1) is 0 Å². The minimum atomic E-state index is -0.618. The summed E-state index contributed by atoms with van der Waals surface area (Å²) in [5.41, 5.74) is 3.81. The Kier molecular flexibility index (Phi) is 5.56. The number of anilines is 2. The fourth-order valence-electron chi connectivity index (χ4n) is 3.22. The highest BCUT2D eigenvalue weighted by Gasteiger charge is 2.19. The maximum atomic E-state index is 12.5. The minimum absolute atomic E-state index is 0.154. The van der Waals surface area contributed by atoms with Gasteiger partial charge in [-0.2, -0.15) is 0 Å². The normalized spacial score (nSPS) is 14.1. The number of amides is 2. The molecule has 0 heterocycles. The maximum Gasteiger partial charge on any atom is 0.265 e. The molecule has 2 aromatic rings. The van der Waals surface area contributed by atoms with Gasteiger partial charge in [0.15, 0.2) is 6.10 Å². The molecule has 0 radical (unpaired) electrons. The van der Waals surface area contributed by atoms with Gasteiger partial charge >= 0.3 is 0 Å². The molecule has 5 nitrogen and oxygen atoms in total. The predicted octanol–water partition coefficient (Wildman–Crippen LogP) is 3.93. The number of rotatable bonds is 5. The van der Waals surface area contributed by atoms with Gasteiger partial charge in [0.2, 0.25) is 5.91 Å². The fourth-order valence-corrected chi connectivity index (χ4v) is 3.22. The summed E-state index contributed by atoms with van der Waals surface area (Å²) in [6, 6.07) is 13.1. The number of carbonyl (C=O) groups is 2. The van der Waals surface area contributed by atoms with Crippen molar-refractivity contribution in [2.24, 2.45) is 0 Å². The Hall–Kier alpha value is -2.82. The van der Waals surface area contributed by atoms with Gasteiger partial charge < -0.3 is 15.4 Å². The number of ether oxygens (including phenoxy) is 1.